The summed E-state index contributed by atoms with van der Waals surface area (Å²) in [5.74, 6) is 0.283. The van der Waals surface area contributed by atoms with Crippen molar-refractivity contribution in [3.05, 3.63) is 48.9 Å². The molecule has 0 unspecified atom stereocenters. The summed E-state index contributed by atoms with van der Waals surface area (Å²) in [5, 5.41) is 11.0. The Kier molecular flexibility index (Phi) is 4.15. The quantitative estimate of drug-likeness (QED) is 0.339. The van der Waals surface area contributed by atoms with E-state index in [0.29, 0.717) is 10.6 Å². The van der Waals surface area contributed by atoms with Crippen LogP contribution in [-0.4, -0.2) is 10.7 Å². The fourth-order valence-electron chi connectivity index (χ4n) is 1.35. The van der Waals surface area contributed by atoms with E-state index in [1.807, 2.05) is 12.1 Å². The summed E-state index contributed by atoms with van der Waals surface area (Å²) in [7, 11) is 0. The summed E-state index contributed by atoms with van der Waals surface area (Å²) in [6, 6.07) is 8.36. The zero-order valence-electron chi connectivity index (χ0n) is 9.75. The first-order chi connectivity index (χ1) is 8.97. The van der Waals surface area contributed by atoms with E-state index < -0.39 is 4.92 Å². The van der Waals surface area contributed by atoms with Crippen molar-refractivity contribution in [1.29, 1.82) is 0 Å². The standard InChI is InChI=1S/C12H8INO4S/c1-7(15)11-6-10(14(16)17)12(19-11)18-9-4-2-8(13)3-5-9/h2-6H,1H3. The maximum Gasteiger partial charge on any atom is 0.323 e. The third kappa shape index (κ3) is 3.29. The van der Waals surface area contributed by atoms with Gasteiger partial charge in [-0.3, -0.25) is 14.9 Å². The molecular weight excluding hydrogens is 381 g/mol. The predicted octanol–water partition coefficient (Wildman–Crippen LogP) is 4.26. The van der Waals surface area contributed by atoms with Crippen LogP contribution in [0.3, 0.4) is 0 Å². The summed E-state index contributed by atoms with van der Waals surface area (Å²) >= 11 is 3.13. The van der Waals surface area contributed by atoms with Crippen LogP contribution in [0.4, 0.5) is 5.69 Å². The maximum absolute atomic E-state index is 11.3. The molecule has 0 aliphatic rings. The second-order valence-corrected chi connectivity index (χ2v) is 5.91. The summed E-state index contributed by atoms with van der Waals surface area (Å²) in [4.78, 5) is 21.9. The average molecular weight is 389 g/mol. The van der Waals surface area contributed by atoms with Crippen LogP contribution < -0.4 is 4.74 Å². The molecule has 0 bridgehead atoms. The number of benzene rings is 1. The molecule has 5 nitrogen and oxygen atoms in total. The number of Topliss-reactive ketones (excluding diaryl/α,β-unsaturated/α-hetero) is 1. The van der Waals surface area contributed by atoms with Gasteiger partial charge in [0.25, 0.3) is 5.06 Å². The van der Waals surface area contributed by atoms with Gasteiger partial charge in [-0.2, -0.15) is 0 Å². The van der Waals surface area contributed by atoms with Gasteiger partial charge >= 0.3 is 5.69 Å². The van der Waals surface area contributed by atoms with Crippen molar-refractivity contribution in [2.24, 2.45) is 0 Å². The zero-order chi connectivity index (χ0) is 14.0. The topological polar surface area (TPSA) is 69.4 Å². The molecule has 2 aromatic rings. The van der Waals surface area contributed by atoms with E-state index in [-0.39, 0.29) is 16.5 Å². The van der Waals surface area contributed by atoms with Crippen LogP contribution in [0, 0.1) is 13.7 Å². The molecule has 0 N–H and O–H groups in total. The number of hydrogen-bond acceptors (Lipinski definition) is 5. The van der Waals surface area contributed by atoms with Gasteiger partial charge in [-0.1, -0.05) is 11.3 Å². The first kappa shape index (κ1) is 13.9. The van der Waals surface area contributed by atoms with Crippen molar-refractivity contribution in [3.8, 4) is 10.8 Å². The van der Waals surface area contributed by atoms with Gasteiger partial charge in [-0.05, 0) is 53.8 Å². The first-order valence-electron chi connectivity index (χ1n) is 5.20. The Morgan fingerprint density at radius 1 is 1.37 bits per heavy atom. The normalized spacial score (nSPS) is 10.2. The fraction of sp³-hybridized carbons (Fsp3) is 0.0833. The molecule has 0 spiro atoms. The largest absolute Gasteiger partial charge is 0.440 e. The third-order valence-electron chi connectivity index (χ3n) is 2.25. The van der Waals surface area contributed by atoms with E-state index in [9.17, 15) is 14.9 Å². The highest BCUT2D eigenvalue weighted by atomic mass is 127. The number of carbonyl (C=O) groups excluding carboxylic acids is 1. The molecule has 0 saturated carbocycles. The molecule has 0 amide bonds. The van der Waals surface area contributed by atoms with E-state index in [2.05, 4.69) is 22.6 Å². The Morgan fingerprint density at radius 2 is 2.00 bits per heavy atom. The summed E-state index contributed by atoms with van der Waals surface area (Å²) in [6.45, 7) is 1.37. The molecular formula is C12H8INO4S. The van der Waals surface area contributed by atoms with Crippen molar-refractivity contribution in [2.75, 3.05) is 0 Å². The second kappa shape index (κ2) is 5.66. The third-order valence-corrected chi connectivity index (χ3v) is 4.07. The second-order valence-electron chi connectivity index (χ2n) is 3.65. The van der Waals surface area contributed by atoms with Gasteiger partial charge in [0.05, 0.1) is 9.80 Å². The van der Waals surface area contributed by atoms with Gasteiger partial charge in [0, 0.05) is 9.64 Å². The number of ether oxygens (including phenoxy) is 1. The Hall–Kier alpha value is -1.48. The predicted molar refractivity (Wildman–Crippen MR) is 80.2 cm³/mol. The molecule has 0 fully saturated rings. The van der Waals surface area contributed by atoms with Crippen LogP contribution >= 0.6 is 33.9 Å². The van der Waals surface area contributed by atoms with E-state index in [1.165, 1.54) is 13.0 Å². The highest BCUT2D eigenvalue weighted by molar-refractivity contribution is 14.1. The molecule has 19 heavy (non-hydrogen) atoms. The fourth-order valence-corrected chi connectivity index (χ4v) is 2.60. The Bertz CT molecular complexity index is 636. The highest BCUT2D eigenvalue weighted by Gasteiger charge is 2.22. The van der Waals surface area contributed by atoms with E-state index in [4.69, 9.17) is 4.74 Å². The van der Waals surface area contributed by atoms with Crippen molar-refractivity contribution in [3.63, 3.8) is 0 Å². The number of nitro groups is 1. The van der Waals surface area contributed by atoms with Crippen LogP contribution in [0.2, 0.25) is 0 Å². The molecule has 0 aliphatic carbocycles. The SMILES string of the molecule is CC(=O)c1cc([N+](=O)[O-])c(Oc2ccc(I)cc2)s1. The van der Waals surface area contributed by atoms with Crippen LogP contribution in [-0.2, 0) is 0 Å². The molecule has 0 aliphatic heterocycles. The summed E-state index contributed by atoms with van der Waals surface area (Å²) < 4.78 is 6.52. The Labute approximate surface area is 126 Å². The maximum atomic E-state index is 11.3. The van der Waals surface area contributed by atoms with Gasteiger partial charge < -0.3 is 4.74 Å². The number of ketones is 1. The van der Waals surface area contributed by atoms with Crippen LogP contribution in [0.5, 0.6) is 10.8 Å². The summed E-state index contributed by atoms with van der Waals surface area (Å²) in [5.41, 5.74) is -0.186. The van der Waals surface area contributed by atoms with Crippen molar-refractivity contribution < 1.29 is 14.5 Å². The number of nitrogens with zero attached hydrogens (tertiary/aromatic N) is 1. The minimum atomic E-state index is -0.551. The monoisotopic (exact) mass is 389 g/mol. The lowest BCUT2D eigenvalue weighted by molar-refractivity contribution is -0.385. The Balaban J connectivity index is 2.35. The molecule has 1 aromatic carbocycles. The minimum absolute atomic E-state index is 0.122. The highest BCUT2D eigenvalue weighted by Crippen LogP contribution is 2.39. The zero-order valence-corrected chi connectivity index (χ0v) is 12.7. The lowest BCUT2D eigenvalue weighted by atomic mass is 10.3. The lowest BCUT2D eigenvalue weighted by Crippen LogP contribution is -1.89. The van der Waals surface area contributed by atoms with Crippen molar-refractivity contribution >= 4 is 45.4 Å². The smallest absolute Gasteiger partial charge is 0.323 e. The van der Waals surface area contributed by atoms with Crippen molar-refractivity contribution in [1.82, 2.24) is 0 Å². The Morgan fingerprint density at radius 3 is 2.53 bits per heavy atom. The number of rotatable bonds is 4. The first-order valence-corrected chi connectivity index (χ1v) is 7.09. The molecule has 0 atom stereocenters. The van der Waals surface area contributed by atoms with Gasteiger partial charge in [-0.25, -0.2) is 0 Å². The van der Waals surface area contributed by atoms with Gasteiger partial charge in [0.1, 0.15) is 5.75 Å². The van der Waals surface area contributed by atoms with Crippen LogP contribution in [0.1, 0.15) is 16.6 Å². The van der Waals surface area contributed by atoms with Crippen LogP contribution in [0.25, 0.3) is 0 Å². The molecule has 98 valence electrons. The van der Waals surface area contributed by atoms with Crippen LogP contribution in [0.15, 0.2) is 30.3 Å². The molecule has 0 saturated heterocycles. The lowest BCUT2D eigenvalue weighted by Gasteiger charge is -2.02. The molecule has 2 rings (SSSR count). The average Bonchev–Trinajstić information content (AvgIpc) is 2.76. The molecule has 7 heteroatoms. The molecule has 1 heterocycles. The van der Waals surface area contributed by atoms with Gasteiger partial charge in [0.2, 0.25) is 0 Å². The van der Waals surface area contributed by atoms with Gasteiger partial charge in [0.15, 0.2) is 5.78 Å². The molecule has 0 radical (unpaired) electrons. The number of hydrogen-bond donors (Lipinski definition) is 0. The number of halogens is 1. The number of carbonyl (C=O) groups is 1. The van der Waals surface area contributed by atoms with E-state index in [0.717, 1.165) is 14.9 Å². The molecule has 1 aromatic heterocycles. The summed E-state index contributed by atoms with van der Waals surface area (Å²) in [6.07, 6.45) is 0. The van der Waals surface area contributed by atoms with Crippen molar-refractivity contribution in [2.45, 2.75) is 6.92 Å². The van der Waals surface area contributed by atoms with E-state index >= 15 is 0 Å². The van der Waals surface area contributed by atoms with E-state index in [1.54, 1.807) is 12.1 Å². The number of thiophene rings is 1. The van der Waals surface area contributed by atoms with Gasteiger partial charge in [-0.15, -0.1) is 0 Å². The minimum Gasteiger partial charge on any atom is -0.440 e.